The van der Waals surface area contributed by atoms with Gasteiger partial charge in [-0.2, -0.15) is 0 Å². The SMILES string of the molecule is Cn1c(O)c(C(=O)/C=C/C2CCCCC2)c(=O)n(C)c1=O. The van der Waals surface area contributed by atoms with E-state index in [0.29, 0.717) is 5.92 Å². The van der Waals surface area contributed by atoms with Gasteiger partial charge in [0, 0.05) is 14.1 Å². The number of rotatable bonds is 3. The Bertz CT molecular complexity index is 691. The Kier molecular flexibility index (Phi) is 4.45. The van der Waals surface area contributed by atoms with Crippen molar-refractivity contribution >= 4 is 5.78 Å². The highest BCUT2D eigenvalue weighted by Crippen LogP contribution is 2.24. The van der Waals surface area contributed by atoms with Crippen LogP contribution in [0.4, 0.5) is 0 Å². The predicted molar refractivity (Wildman–Crippen MR) is 78.6 cm³/mol. The second-order valence-corrected chi connectivity index (χ2v) is 5.53. The summed E-state index contributed by atoms with van der Waals surface area (Å²) in [5.74, 6) is -0.795. The van der Waals surface area contributed by atoms with Crippen LogP contribution in [0.5, 0.6) is 5.88 Å². The summed E-state index contributed by atoms with van der Waals surface area (Å²) in [7, 11) is 2.60. The first-order chi connectivity index (χ1) is 9.93. The lowest BCUT2D eigenvalue weighted by Crippen LogP contribution is -2.39. The zero-order valence-corrected chi connectivity index (χ0v) is 12.3. The van der Waals surface area contributed by atoms with Gasteiger partial charge in [0.05, 0.1) is 0 Å². The first kappa shape index (κ1) is 15.3. The Balaban J connectivity index is 2.33. The summed E-state index contributed by atoms with van der Waals surface area (Å²) in [6.45, 7) is 0. The maximum absolute atomic E-state index is 12.2. The molecule has 1 aromatic rings. The van der Waals surface area contributed by atoms with E-state index in [9.17, 15) is 19.5 Å². The molecule has 0 unspecified atom stereocenters. The molecule has 114 valence electrons. The minimum atomic E-state index is -0.770. The summed E-state index contributed by atoms with van der Waals surface area (Å²) in [5.41, 5.74) is -1.79. The van der Waals surface area contributed by atoms with Gasteiger partial charge in [-0.3, -0.25) is 18.7 Å². The largest absolute Gasteiger partial charge is 0.494 e. The van der Waals surface area contributed by atoms with E-state index in [0.717, 1.165) is 34.8 Å². The van der Waals surface area contributed by atoms with Crippen molar-refractivity contribution in [1.29, 1.82) is 0 Å². The predicted octanol–water partition coefficient (Wildman–Crippen LogP) is 1.11. The fraction of sp³-hybridized carbons (Fsp3) is 0.533. The van der Waals surface area contributed by atoms with Gasteiger partial charge in [-0.15, -0.1) is 0 Å². The topological polar surface area (TPSA) is 81.3 Å². The van der Waals surface area contributed by atoms with E-state index in [4.69, 9.17) is 0 Å². The van der Waals surface area contributed by atoms with E-state index in [1.807, 2.05) is 6.08 Å². The highest BCUT2D eigenvalue weighted by Gasteiger charge is 2.20. The minimum Gasteiger partial charge on any atom is -0.494 e. The summed E-state index contributed by atoms with van der Waals surface area (Å²) in [6.07, 6.45) is 8.76. The van der Waals surface area contributed by atoms with Crippen molar-refractivity contribution in [2.45, 2.75) is 32.1 Å². The molecule has 2 rings (SSSR count). The summed E-state index contributed by atoms with van der Waals surface area (Å²) in [5, 5.41) is 9.89. The van der Waals surface area contributed by atoms with Crippen molar-refractivity contribution < 1.29 is 9.90 Å². The number of hydrogen-bond acceptors (Lipinski definition) is 4. The number of aromatic hydroxyl groups is 1. The average molecular weight is 292 g/mol. The van der Waals surface area contributed by atoms with Gasteiger partial charge in [0.2, 0.25) is 5.88 Å². The first-order valence-corrected chi connectivity index (χ1v) is 7.15. The van der Waals surface area contributed by atoms with Gasteiger partial charge in [0.15, 0.2) is 5.78 Å². The van der Waals surface area contributed by atoms with Crippen LogP contribution in [0.1, 0.15) is 42.5 Å². The minimum absolute atomic E-state index is 0.348. The van der Waals surface area contributed by atoms with E-state index in [2.05, 4.69) is 0 Å². The molecule has 1 aromatic heterocycles. The number of hydrogen-bond donors (Lipinski definition) is 1. The van der Waals surface area contributed by atoms with Crippen LogP contribution in [-0.2, 0) is 14.1 Å². The molecular weight excluding hydrogens is 272 g/mol. The van der Waals surface area contributed by atoms with Gasteiger partial charge in [-0.25, -0.2) is 4.79 Å². The second-order valence-electron chi connectivity index (χ2n) is 5.53. The van der Waals surface area contributed by atoms with Crippen LogP contribution >= 0.6 is 0 Å². The number of ketones is 1. The van der Waals surface area contributed by atoms with Gasteiger partial charge in [0.25, 0.3) is 5.56 Å². The third kappa shape index (κ3) is 2.99. The molecule has 1 fully saturated rings. The Morgan fingerprint density at radius 2 is 1.76 bits per heavy atom. The summed E-state index contributed by atoms with van der Waals surface area (Å²) in [6, 6.07) is 0. The molecule has 1 N–H and O–H groups in total. The van der Waals surface area contributed by atoms with E-state index in [1.54, 1.807) is 0 Å². The third-order valence-corrected chi connectivity index (χ3v) is 4.05. The maximum atomic E-state index is 12.2. The molecule has 6 nitrogen and oxygen atoms in total. The molecule has 1 aliphatic carbocycles. The number of nitrogens with zero attached hydrogens (tertiary/aromatic N) is 2. The molecule has 0 bridgehead atoms. The van der Waals surface area contributed by atoms with Gasteiger partial charge in [-0.05, 0) is 24.8 Å². The quantitative estimate of drug-likeness (QED) is 0.668. The van der Waals surface area contributed by atoms with Gasteiger partial charge < -0.3 is 5.11 Å². The van der Waals surface area contributed by atoms with E-state index >= 15 is 0 Å². The smallest absolute Gasteiger partial charge is 0.333 e. The lowest BCUT2D eigenvalue weighted by Gasteiger charge is -2.17. The molecule has 0 atom stereocenters. The van der Waals surface area contributed by atoms with Crippen molar-refractivity contribution in [3.63, 3.8) is 0 Å². The van der Waals surface area contributed by atoms with Crippen LogP contribution in [-0.4, -0.2) is 20.0 Å². The summed E-state index contributed by atoms with van der Waals surface area (Å²) < 4.78 is 1.71. The van der Waals surface area contributed by atoms with Crippen LogP contribution in [0, 0.1) is 5.92 Å². The van der Waals surface area contributed by atoms with Crippen LogP contribution in [0.25, 0.3) is 0 Å². The van der Waals surface area contributed by atoms with Crippen LogP contribution in [0.2, 0.25) is 0 Å². The maximum Gasteiger partial charge on any atom is 0.333 e. The normalized spacial score (nSPS) is 16.5. The molecule has 0 saturated heterocycles. The van der Waals surface area contributed by atoms with Gasteiger partial charge >= 0.3 is 5.69 Å². The Labute approximate surface area is 122 Å². The molecule has 0 spiro atoms. The van der Waals surface area contributed by atoms with Gasteiger partial charge in [-0.1, -0.05) is 25.3 Å². The van der Waals surface area contributed by atoms with Gasteiger partial charge in [0.1, 0.15) is 5.56 Å². The van der Waals surface area contributed by atoms with Crippen molar-refractivity contribution in [2.75, 3.05) is 0 Å². The van der Waals surface area contributed by atoms with Crippen LogP contribution < -0.4 is 11.2 Å². The lowest BCUT2D eigenvalue weighted by atomic mass is 9.89. The molecule has 6 heteroatoms. The monoisotopic (exact) mass is 292 g/mol. The van der Waals surface area contributed by atoms with Crippen molar-refractivity contribution in [1.82, 2.24) is 9.13 Å². The molecular formula is C15H20N2O4. The van der Waals surface area contributed by atoms with E-state index < -0.39 is 22.9 Å². The number of aromatic nitrogens is 2. The fourth-order valence-corrected chi connectivity index (χ4v) is 2.68. The van der Waals surface area contributed by atoms with Crippen molar-refractivity contribution in [3.8, 4) is 5.88 Å². The number of allylic oxidation sites excluding steroid dienone is 2. The van der Waals surface area contributed by atoms with Crippen LogP contribution in [0.3, 0.4) is 0 Å². The second kappa shape index (κ2) is 6.11. The summed E-state index contributed by atoms with van der Waals surface area (Å²) >= 11 is 0. The zero-order valence-electron chi connectivity index (χ0n) is 12.3. The Morgan fingerprint density at radius 3 is 2.38 bits per heavy atom. The molecule has 0 radical (unpaired) electrons. The summed E-state index contributed by atoms with van der Waals surface area (Å²) in [4.78, 5) is 35.8. The zero-order chi connectivity index (χ0) is 15.6. The fourth-order valence-electron chi connectivity index (χ4n) is 2.68. The molecule has 1 aliphatic rings. The standard InChI is InChI=1S/C15H20N2O4/c1-16-13(19)12(14(20)17(2)15(16)21)11(18)9-8-10-6-4-3-5-7-10/h8-10,19H,3-7H2,1-2H3/b9-8+. The van der Waals surface area contributed by atoms with E-state index in [-0.39, 0.29) is 5.56 Å². The molecule has 1 saturated carbocycles. The Morgan fingerprint density at radius 1 is 1.14 bits per heavy atom. The highest BCUT2D eigenvalue weighted by atomic mass is 16.3. The number of carbonyl (C=O) groups excluding carboxylic acids is 1. The first-order valence-electron chi connectivity index (χ1n) is 7.15. The lowest BCUT2D eigenvalue weighted by molar-refractivity contribution is 0.103. The molecule has 21 heavy (non-hydrogen) atoms. The third-order valence-electron chi connectivity index (χ3n) is 4.05. The number of carbonyl (C=O) groups is 1. The molecule has 1 heterocycles. The van der Waals surface area contributed by atoms with Crippen molar-refractivity contribution in [2.24, 2.45) is 20.0 Å². The molecule has 0 amide bonds. The van der Waals surface area contributed by atoms with Crippen molar-refractivity contribution in [3.05, 3.63) is 38.6 Å². The molecule has 0 aromatic carbocycles. The van der Waals surface area contributed by atoms with Crippen LogP contribution in [0.15, 0.2) is 21.7 Å². The van der Waals surface area contributed by atoms with E-state index in [1.165, 1.54) is 26.6 Å². The average Bonchev–Trinajstić information content (AvgIpc) is 2.50. The highest BCUT2D eigenvalue weighted by molar-refractivity contribution is 6.05. The Hall–Kier alpha value is -2.11. The molecule has 0 aliphatic heterocycles.